The molecule has 0 aliphatic heterocycles. The van der Waals surface area contributed by atoms with Gasteiger partial charge in [-0.1, -0.05) is 0 Å². The van der Waals surface area contributed by atoms with Crippen LogP contribution >= 0.6 is 27.3 Å². The molecular formula is C9H6BrNO3S. The normalized spacial score (nSPS) is 10.5. The van der Waals surface area contributed by atoms with Crippen molar-refractivity contribution in [2.75, 3.05) is 0 Å². The lowest BCUT2D eigenvalue weighted by molar-refractivity contribution is -0.136. The van der Waals surface area contributed by atoms with E-state index >= 15 is 0 Å². The zero-order valence-electron chi connectivity index (χ0n) is 7.44. The van der Waals surface area contributed by atoms with Crippen LogP contribution in [0.4, 0.5) is 0 Å². The topological polar surface area (TPSA) is 63.3 Å². The Morgan fingerprint density at radius 2 is 2.47 bits per heavy atom. The van der Waals surface area contributed by atoms with Crippen LogP contribution in [0.5, 0.6) is 0 Å². The van der Waals surface area contributed by atoms with Gasteiger partial charge >= 0.3 is 5.97 Å². The number of carbonyl (C=O) groups is 1. The average Bonchev–Trinajstić information content (AvgIpc) is 2.72. The molecule has 0 bridgehead atoms. The van der Waals surface area contributed by atoms with Crippen LogP contribution in [-0.2, 0) is 11.2 Å². The Morgan fingerprint density at radius 1 is 1.67 bits per heavy atom. The summed E-state index contributed by atoms with van der Waals surface area (Å²) in [6.07, 6.45) is 1.49. The van der Waals surface area contributed by atoms with E-state index in [2.05, 4.69) is 20.9 Å². The van der Waals surface area contributed by atoms with E-state index in [1.807, 2.05) is 0 Å². The fraction of sp³-hybridized carbons (Fsp3) is 0.111. The van der Waals surface area contributed by atoms with Gasteiger partial charge in [0.1, 0.15) is 0 Å². The van der Waals surface area contributed by atoms with Crippen LogP contribution < -0.4 is 0 Å². The number of hydrogen-bond acceptors (Lipinski definition) is 4. The van der Waals surface area contributed by atoms with Crippen molar-refractivity contribution in [3.05, 3.63) is 27.9 Å². The number of rotatable bonds is 3. The maximum absolute atomic E-state index is 10.5. The standard InChI is InChI=1S/C9H6BrNO3S/c10-6-1-2-14-8(6)9-11-5(4-15-9)3-7(12)13/h1-2,4H,3H2,(H,12,13). The molecule has 0 aliphatic rings. The molecule has 2 heterocycles. The third-order valence-electron chi connectivity index (χ3n) is 1.70. The number of nitrogens with zero attached hydrogens (tertiary/aromatic N) is 1. The molecule has 0 unspecified atom stereocenters. The van der Waals surface area contributed by atoms with E-state index in [1.165, 1.54) is 11.3 Å². The summed E-state index contributed by atoms with van der Waals surface area (Å²) in [6.45, 7) is 0. The molecule has 6 heteroatoms. The summed E-state index contributed by atoms with van der Waals surface area (Å²) in [5.74, 6) is -0.248. The van der Waals surface area contributed by atoms with Gasteiger partial charge in [0.15, 0.2) is 10.8 Å². The van der Waals surface area contributed by atoms with Crippen molar-refractivity contribution < 1.29 is 14.3 Å². The molecule has 0 saturated heterocycles. The molecule has 2 aromatic rings. The van der Waals surface area contributed by atoms with Crippen LogP contribution in [0.2, 0.25) is 0 Å². The fourth-order valence-electron chi connectivity index (χ4n) is 1.09. The van der Waals surface area contributed by atoms with Crippen molar-refractivity contribution in [2.45, 2.75) is 6.42 Å². The third kappa shape index (κ3) is 2.27. The molecule has 0 aliphatic carbocycles. The monoisotopic (exact) mass is 287 g/mol. The molecule has 0 aromatic carbocycles. The van der Waals surface area contributed by atoms with Crippen LogP contribution in [0, 0.1) is 0 Å². The molecule has 1 N–H and O–H groups in total. The van der Waals surface area contributed by atoms with E-state index in [4.69, 9.17) is 9.52 Å². The lowest BCUT2D eigenvalue weighted by Crippen LogP contribution is -1.99. The second-order valence-corrected chi connectivity index (χ2v) is 4.52. The molecule has 4 nitrogen and oxygen atoms in total. The van der Waals surface area contributed by atoms with Gasteiger partial charge in [0, 0.05) is 5.38 Å². The van der Waals surface area contributed by atoms with Crippen molar-refractivity contribution in [3.63, 3.8) is 0 Å². The Labute approximate surface area is 97.7 Å². The molecule has 0 amide bonds. The minimum absolute atomic E-state index is 0.0607. The highest BCUT2D eigenvalue weighted by Crippen LogP contribution is 2.31. The lowest BCUT2D eigenvalue weighted by atomic mass is 10.3. The van der Waals surface area contributed by atoms with Crippen molar-refractivity contribution in [3.8, 4) is 10.8 Å². The van der Waals surface area contributed by atoms with Gasteiger partial charge in [-0.05, 0) is 22.0 Å². The number of carboxylic acids is 1. The predicted octanol–water partition coefficient (Wildman–Crippen LogP) is 2.79. The van der Waals surface area contributed by atoms with E-state index in [0.29, 0.717) is 16.5 Å². The zero-order chi connectivity index (χ0) is 10.8. The summed E-state index contributed by atoms with van der Waals surface area (Å²) in [5.41, 5.74) is 0.547. The van der Waals surface area contributed by atoms with E-state index in [-0.39, 0.29) is 6.42 Å². The molecule has 15 heavy (non-hydrogen) atoms. The first-order valence-corrected chi connectivity index (χ1v) is 5.73. The van der Waals surface area contributed by atoms with Gasteiger partial charge in [0.25, 0.3) is 0 Å². The third-order valence-corrected chi connectivity index (χ3v) is 3.21. The van der Waals surface area contributed by atoms with Crippen molar-refractivity contribution >= 4 is 33.2 Å². The maximum atomic E-state index is 10.5. The summed E-state index contributed by atoms with van der Waals surface area (Å²) in [7, 11) is 0. The first kappa shape index (κ1) is 10.4. The Kier molecular flexibility index (Phi) is 2.88. The average molecular weight is 288 g/mol. The first-order chi connectivity index (χ1) is 7.16. The van der Waals surface area contributed by atoms with Gasteiger partial charge in [-0.25, -0.2) is 4.98 Å². The fourth-order valence-corrected chi connectivity index (χ4v) is 2.43. The van der Waals surface area contributed by atoms with Crippen LogP contribution in [0.3, 0.4) is 0 Å². The Balaban J connectivity index is 2.28. The molecule has 0 fully saturated rings. The van der Waals surface area contributed by atoms with Gasteiger partial charge in [0.2, 0.25) is 0 Å². The van der Waals surface area contributed by atoms with E-state index in [1.54, 1.807) is 17.7 Å². The Hall–Kier alpha value is -1.14. The number of halogens is 1. The maximum Gasteiger partial charge on any atom is 0.309 e. The number of aromatic nitrogens is 1. The minimum atomic E-state index is -0.884. The molecule has 0 saturated carbocycles. The smallest absolute Gasteiger partial charge is 0.309 e. The van der Waals surface area contributed by atoms with Crippen molar-refractivity contribution in [1.29, 1.82) is 0 Å². The summed E-state index contributed by atoms with van der Waals surface area (Å²) in [6, 6.07) is 1.77. The van der Waals surface area contributed by atoms with Gasteiger partial charge in [0.05, 0.1) is 22.9 Å². The summed E-state index contributed by atoms with van der Waals surface area (Å²) in [5, 5.41) is 11.0. The molecule has 0 spiro atoms. The highest BCUT2D eigenvalue weighted by molar-refractivity contribution is 9.10. The molecule has 0 atom stereocenters. The number of hydrogen-bond donors (Lipinski definition) is 1. The second kappa shape index (κ2) is 4.16. The number of furan rings is 1. The van der Waals surface area contributed by atoms with E-state index < -0.39 is 5.97 Å². The predicted molar refractivity (Wildman–Crippen MR) is 58.9 cm³/mol. The van der Waals surface area contributed by atoms with Crippen LogP contribution in [0.25, 0.3) is 10.8 Å². The number of thiazole rings is 1. The highest BCUT2D eigenvalue weighted by atomic mass is 79.9. The summed E-state index contributed by atoms with van der Waals surface area (Å²) in [4.78, 5) is 14.6. The van der Waals surface area contributed by atoms with Gasteiger partial charge in [-0.15, -0.1) is 11.3 Å². The van der Waals surface area contributed by atoms with Gasteiger partial charge < -0.3 is 9.52 Å². The first-order valence-electron chi connectivity index (χ1n) is 4.06. The molecule has 2 aromatic heterocycles. The van der Waals surface area contributed by atoms with Crippen LogP contribution in [0.15, 0.2) is 26.6 Å². The van der Waals surface area contributed by atoms with Crippen molar-refractivity contribution in [2.24, 2.45) is 0 Å². The highest BCUT2D eigenvalue weighted by Gasteiger charge is 2.12. The minimum Gasteiger partial charge on any atom is -0.481 e. The number of aliphatic carboxylic acids is 1. The molecular weight excluding hydrogens is 282 g/mol. The van der Waals surface area contributed by atoms with Crippen molar-refractivity contribution in [1.82, 2.24) is 4.98 Å². The quantitative estimate of drug-likeness (QED) is 0.943. The molecule has 0 radical (unpaired) electrons. The van der Waals surface area contributed by atoms with Crippen LogP contribution in [0.1, 0.15) is 5.69 Å². The Morgan fingerprint density at radius 3 is 3.07 bits per heavy atom. The van der Waals surface area contributed by atoms with E-state index in [0.717, 1.165) is 4.47 Å². The van der Waals surface area contributed by atoms with Gasteiger partial charge in [-0.3, -0.25) is 4.79 Å². The van der Waals surface area contributed by atoms with Gasteiger partial charge in [-0.2, -0.15) is 0 Å². The van der Waals surface area contributed by atoms with Crippen LogP contribution in [-0.4, -0.2) is 16.1 Å². The number of carboxylic acid groups (broad SMARTS) is 1. The molecule has 78 valence electrons. The SMILES string of the molecule is O=C(O)Cc1csc(-c2occc2Br)n1. The second-order valence-electron chi connectivity index (χ2n) is 2.81. The largest absolute Gasteiger partial charge is 0.481 e. The summed E-state index contributed by atoms with van der Waals surface area (Å²) < 4.78 is 6.04. The molecule has 2 rings (SSSR count). The van der Waals surface area contributed by atoms with E-state index in [9.17, 15) is 4.79 Å². The lowest BCUT2D eigenvalue weighted by Gasteiger charge is -1.90. The summed E-state index contributed by atoms with van der Waals surface area (Å²) >= 11 is 4.68. The Bertz CT molecular complexity index is 491. The zero-order valence-corrected chi connectivity index (χ0v) is 9.84.